The molecule has 0 aromatic heterocycles. The molecule has 6 atom stereocenters. The summed E-state index contributed by atoms with van der Waals surface area (Å²) in [5.74, 6) is -4.33. The first kappa shape index (κ1) is 32.6. The zero-order chi connectivity index (χ0) is 28.8. The van der Waals surface area contributed by atoms with Gasteiger partial charge in [-0.2, -0.15) is 0 Å². The predicted molar refractivity (Wildman–Crippen MR) is 132 cm³/mol. The van der Waals surface area contributed by atoms with E-state index in [0.717, 1.165) is 6.08 Å². The van der Waals surface area contributed by atoms with Crippen LogP contribution in [0.4, 0.5) is 0 Å². The lowest BCUT2D eigenvalue weighted by Gasteiger charge is -2.40. The normalized spacial score (nSPS) is 21.2. The molecule has 0 spiro atoms. The number of nitrogens with two attached hydrogens (primary N) is 3. The summed E-state index contributed by atoms with van der Waals surface area (Å²) in [5, 5.41) is 43.4. The van der Waals surface area contributed by atoms with Crippen molar-refractivity contribution in [1.29, 1.82) is 0 Å². The predicted octanol–water partition coefficient (Wildman–Crippen LogP) is -3.28. The molecule has 0 saturated carbocycles. The number of carboxylic acids is 2. The number of ether oxygens (including phenoxy) is 2. The molecular formula is C22H38N6O10. The number of unbranched alkanes of at least 4 members (excludes halogenated alkanes) is 2. The highest BCUT2D eigenvalue weighted by atomic mass is 16.6. The number of carbonyl (C=O) groups excluding carboxylic acids is 2. The first-order valence-electron chi connectivity index (χ1n) is 12.0. The topological polar surface area (TPSA) is 282 Å². The zero-order valence-electron chi connectivity index (χ0n) is 21.1. The smallest absolute Gasteiger partial charge is 0.370 e. The van der Waals surface area contributed by atoms with Gasteiger partial charge in [-0.25, -0.2) is 9.79 Å². The quantitative estimate of drug-likeness (QED) is 0.0492. The standard InChI is InChI=1S/C22H38N6O10/c1-11(30)27-17-13(28-22(24)25)9-15(21(35)36)38-19(17)18(14(31)10-29)37-8-4-2-3-7-26-16(32)6-5-12(23)20(33)34/h9,12-14,17-19,29,31H,2-8,10,23H2,1H3,(H,26,32)(H,27,30)(H,33,34)(H,35,36)(H4,24,25,28)/t12-,13-,14+,17+,18+,19+/m0/s1. The molecule has 1 aliphatic rings. The molecule has 1 aliphatic heterocycles. The van der Waals surface area contributed by atoms with Crippen LogP contribution >= 0.6 is 0 Å². The molecule has 1 heterocycles. The molecule has 2 amide bonds. The molecule has 12 N–H and O–H groups in total. The molecular weight excluding hydrogens is 508 g/mol. The molecule has 16 heteroatoms. The van der Waals surface area contributed by atoms with Gasteiger partial charge in [0.05, 0.1) is 18.7 Å². The van der Waals surface area contributed by atoms with Crippen LogP contribution in [0.15, 0.2) is 16.8 Å². The maximum absolute atomic E-state index is 11.8. The van der Waals surface area contributed by atoms with Crippen molar-refractivity contribution in [3.8, 4) is 0 Å². The number of hydrogen-bond acceptors (Lipinski definition) is 10. The van der Waals surface area contributed by atoms with E-state index in [0.29, 0.717) is 25.8 Å². The number of amides is 2. The number of aliphatic carboxylic acids is 2. The Balaban J connectivity index is 2.76. The summed E-state index contributed by atoms with van der Waals surface area (Å²) >= 11 is 0. The molecule has 1 rings (SSSR count). The highest BCUT2D eigenvalue weighted by Gasteiger charge is 2.45. The molecule has 0 aliphatic carbocycles. The minimum atomic E-state index is -1.50. The van der Waals surface area contributed by atoms with E-state index in [2.05, 4.69) is 15.6 Å². The Kier molecular flexibility index (Phi) is 14.0. The van der Waals surface area contributed by atoms with Crippen LogP contribution < -0.4 is 27.8 Å². The third-order valence-corrected chi connectivity index (χ3v) is 5.53. The maximum Gasteiger partial charge on any atom is 0.370 e. The number of carbonyl (C=O) groups is 4. The van der Waals surface area contributed by atoms with Crippen molar-refractivity contribution < 1.29 is 49.1 Å². The summed E-state index contributed by atoms with van der Waals surface area (Å²) in [6.45, 7) is 0.883. The van der Waals surface area contributed by atoms with Crippen LogP contribution in [0.25, 0.3) is 0 Å². The van der Waals surface area contributed by atoms with Gasteiger partial charge < -0.3 is 57.7 Å². The third kappa shape index (κ3) is 11.3. The molecule has 0 fully saturated rings. The lowest BCUT2D eigenvalue weighted by atomic mass is 9.92. The van der Waals surface area contributed by atoms with Crippen molar-refractivity contribution in [2.75, 3.05) is 19.8 Å². The molecule has 0 bridgehead atoms. The SMILES string of the molecule is CC(=O)N[C@H]1[C@H]([C@H](OCCCCCNC(=O)CC[C@H](N)C(=O)O)[C@H](O)CO)OC(C(=O)O)=C[C@@H]1N=C(N)N. The second-order valence-electron chi connectivity index (χ2n) is 8.67. The lowest BCUT2D eigenvalue weighted by molar-refractivity contribution is -0.153. The average Bonchev–Trinajstić information content (AvgIpc) is 2.84. The molecule has 0 radical (unpaired) electrons. The van der Waals surface area contributed by atoms with Gasteiger partial charge in [-0.1, -0.05) is 0 Å². The summed E-state index contributed by atoms with van der Waals surface area (Å²) in [5.41, 5.74) is 16.3. The van der Waals surface area contributed by atoms with E-state index in [-0.39, 0.29) is 31.3 Å². The number of aliphatic imine (C=N–C) groups is 1. The number of hydrogen-bond donors (Lipinski definition) is 9. The van der Waals surface area contributed by atoms with E-state index in [1.54, 1.807) is 0 Å². The van der Waals surface area contributed by atoms with Crippen molar-refractivity contribution >= 4 is 29.7 Å². The van der Waals surface area contributed by atoms with Crippen LogP contribution in [0, 0.1) is 0 Å². The molecule has 216 valence electrons. The van der Waals surface area contributed by atoms with Gasteiger partial charge in [-0.15, -0.1) is 0 Å². The van der Waals surface area contributed by atoms with E-state index < -0.39 is 66.6 Å². The van der Waals surface area contributed by atoms with Gasteiger partial charge in [0.15, 0.2) is 12.1 Å². The van der Waals surface area contributed by atoms with Crippen molar-refractivity contribution in [1.82, 2.24) is 10.6 Å². The third-order valence-electron chi connectivity index (χ3n) is 5.53. The number of aliphatic hydroxyl groups is 2. The Bertz CT molecular complexity index is 879. The van der Waals surface area contributed by atoms with Crippen LogP contribution in [0.2, 0.25) is 0 Å². The Labute approximate surface area is 219 Å². The number of nitrogens with one attached hydrogen (secondary N) is 2. The van der Waals surface area contributed by atoms with E-state index in [4.69, 9.17) is 31.8 Å². The highest BCUT2D eigenvalue weighted by Crippen LogP contribution is 2.26. The summed E-state index contributed by atoms with van der Waals surface area (Å²) in [7, 11) is 0. The zero-order valence-corrected chi connectivity index (χ0v) is 21.1. The maximum atomic E-state index is 11.8. The van der Waals surface area contributed by atoms with Crippen LogP contribution in [0.5, 0.6) is 0 Å². The van der Waals surface area contributed by atoms with Crippen molar-refractivity contribution in [3.05, 3.63) is 11.8 Å². The minimum absolute atomic E-state index is 0.0121. The van der Waals surface area contributed by atoms with Gasteiger partial charge in [0, 0.05) is 26.5 Å². The molecule has 0 aromatic rings. The van der Waals surface area contributed by atoms with Crippen molar-refractivity contribution in [2.24, 2.45) is 22.2 Å². The van der Waals surface area contributed by atoms with E-state index in [9.17, 15) is 34.5 Å². The van der Waals surface area contributed by atoms with Gasteiger partial charge in [0.25, 0.3) is 0 Å². The van der Waals surface area contributed by atoms with Gasteiger partial charge in [0.2, 0.25) is 17.6 Å². The summed E-state index contributed by atoms with van der Waals surface area (Å²) in [6.07, 6.45) is -1.29. The van der Waals surface area contributed by atoms with Gasteiger partial charge in [-0.3, -0.25) is 14.4 Å². The van der Waals surface area contributed by atoms with E-state index >= 15 is 0 Å². The molecule has 38 heavy (non-hydrogen) atoms. The second kappa shape index (κ2) is 16.4. The Morgan fingerprint density at radius 1 is 1.18 bits per heavy atom. The lowest BCUT2D eigenvalue weighted by Crippen LogP contribution is -2.60. The summed E-state index contributed by atoms with van der Waals surface area (Å²) < 4.78 is 11.3. The van der Waals surface area contributed by atoms with Crippen molar-refractivity contribution in [3.63, 3.8) is 0 Å². The van der Waals surface area contributed by atoms with Gasteiger partial charge >= 0.3 is 11.9 Å². The molecule has 16 nitrogen and oxygen atoms in total. The fourth-order valence-electron chi connectivity index (χ4n) is 3.68. The van der Waals surface area contributed by atoms with Gasteiger partial charge in [-0.05, 0) is 31.8 Å². The fourth-order valence-corrected chi connectivity index (χ4v) is 3.68. The van der Waals surface area contributed by atoms with Crippen LogP contribution in [0.1, 0.15) is 39.0 Å². The number of guanidine groups is 1. The molecule has 0 aromatic carbocycles. The van der Waals surface area contributed by atoms with Crippen LogP contribution in [-0.4, -0.2) is 106 Å². The number of nitrogens with zero attached hydrogens (tertiary/aromatic N) is 1. The van der Waals surface area contributed by atoms with Crippen LogP contribution in [-0.2, 0) is 28.7 Å². The minimum Gasteiger partial charge on any atom is -0.480 e. The summed E-state index contributed by atoms with van der Waals surface area (Å²) in [4.78, 5) is 49.9. The monoisotopic (exact) mass is 546 g/mol. The summed E-state index contributed by atoms with van der Waals surface area (Å²) in [6, 6.07) is -3.19. The fraction of sp³-hybridized carbons (Fsp3) is 0.682. The number of carboxylic acid groups (broad SMARTS) is 2. The number of rotatable bonds is 17. The largest absolute Gasteiger partial charge is 0.480 e. The Hall–Kier alpha value is -3.47. The van der Waals surface area contributed by atoms with E-state index in [1.165, 1.54) is 6.92 Å². The average molecular weight is 547 g/mol. The highest BCUT2D eigenvalue weighted by molar-refractivity contribution is 5.85. The first-order valence-corrected chi connectivity index (χ1v) is 12.0. The van der Waals surface area contributed by atoms with Crippen LogP contribution in [0.3, 0.4) is 0 Å². The van der Waals surface area contributed by atoms with E-state index in [1.807, 2.05) is 0 Å². The van der Waals surface area contributed by atoms with Gasteiger partial charge in [0.1, 0.15) is 18.2 Å². The first-order chi connectivity index (χ1) is 17.9. The second-order valence-corrected chi connectivity index (χ2v) is 8.67. The Morgan fingerprint density at radius 2 is 1.87 bits per heavy atom. The molecule has 0 unspecified atom stereocenters. The van der Waals surface area contributed by atoms with Crippen molar-refractivity contribution in [2.45, 2.75) is 75.5 Å². The number of aliphatic hydroxyl groups excluding tert-OH is 2. The Morgan fingerprint density at radius 3 is 2.42 bits per heavy atom. The molecule has 0 saturated heterocycles.